The number of thiazole rings is 1. The number of benzene rings is 2. The summed E-state index contributed by atoms with van der Waals surface area (Å²) in [7, 11) is 0. The monoisotopic (exact) mass is 317 g/mol. The number of anilines is 1. The van der Waals surface area contributed by atoms with E-state index in [9.17, 15) is 10.1 Å². The fourth-order valence-electron chi connectivity index (χ4n) is 2.04. The molecule has 106 valence electrons. The Labute approximate surface area is 129 Å². The zero-order chi connectivity index (χ0) is 14.8. The van der Waals surface area contributed by atoms with Crippen molar-refractivity contribution in [1.29, 1.82) is 0 Å². The van der Waals surface area contributed by atoms with Gasteiger partial charge in [0, 0.05) is 17.8 Å². The van der Waals surface area contributed by atoms with Gasteiger partial charge >= 0.3 is 0 Å². The van der Waals surface area contributed by atoms with Crippen LogP contribution in [0.3, 0.4) is 0 Å². The fraction of sp³-hybridized carbons (Fsp3) is 0.0714. The first kappa shape index (κ1) is 13.7. The molecule has 0 atom stereocenters. The van der Waals surface area contributed by atoms with Crippen molar-refractivity contribution in [2.75, 3.05) is 5.32 Å². The van der Waals surface area contributed by atoms with Crippen LogP contribution in [0.4, 0.5) is 11.4 Å². The first-order chi connectivity index (χ1) is 10.1. The minimum absolute atomic E-state index is 0.0816. The summed E-state index contributed by atoms with van der Waals surface area (Å²) in [4.78, 5) is 10.2. The highest BCUT2D eigenvalue weighted by atomic mass is 32.1. The molecule has 5 nitrogen and oxygen atoms in total. The molecule has 1 N–H and O–H groups in total. The van der Waals surface area contributed by atoms with E-state index in [0.717, 1.165) is 19.9 Å². The quantitative estimate of drug-likeness (QED) is 0.440. The number of nitrogens with one attached hydrogen (secondary N) is 1. The maximum absolute atomic E-state index is 10.6. The Morgan fingerprint density at radius 3 is 2.62 bits per heavy atom. The number of para-hydroxylation sites is 1. The molecule has 0 fully saturated rings. The molecule has 0 amide bonds. The Morgan fingerprint density at radius 1 is 1.19 bits per heavy atom. The highest BCUT2D eigenvalue weighted by Crippen LogP contribution is 2.23. The molecule has 0 bridgehead atoms. The summed E-state index contributed by atoms with van der Waals surface area (Å²) < 4.78 is 3.95. The zero-order valence-electron chi connectivity index (χ0n) is 10.9. The predicted octanol–water partition coefficient (Wildman–Crippen LogP) is 4.41. The second kappa shape index (κ2) is 5.63. The molecule has 0 aliphatic rings. The molecule has 1 heterocycles. The summed E-state index contributed by atoms with van der Waals surface area (Å²) in [6, 6.07) is 14.4. The highest BCUT2D eigenvalue weighted by molar-refractivity contribution is 7.73. The van der Waals surface area contributed by atoms with Crippen LogP contribution < -0.4 is 5.32 Å². The number of aromatic nitrogens is 1. The summed E-state index contributed by atoms with van der Waals surface area (Å²) in [5.74, 6) is 0. The van der Waals surface area contributed by atoms with E-state index >= 15 is 0 Å². The number of non-ortho nitro benzene ring substituents is 1. The molecule has 0 spiro atoms. The molecule has 7 heteroatoms. The third kappa shape index (κ3) is 2.79. The average Bonchev–Trinajstić information content (AvgIpc) is 2.81. The van der Waals surface area contributed by atoms with Crippen molar-refractivity contribution in [3.8, 4) is 0 Å². The van der Waals surface area contributed by atoms with Gasteiger partial charge in [-0.2, -0.15) is 0 Å². The molecule has 1 aromatic heterocycles. The van der Waals surface area contributed by atoms with E-state index in [2.05, 4.69) is 5.32 Å². The van der Waals surface area contributed by atoms with Crippen molar-refractivity contribution < 1.29 is 4.92 Å². The van der Waals surface area contributed by atoms with Crippen molar-refractivity contribution in [3.05, 3.63) is 62.6 Å². The molecule has 0 saturated heterocycles. The van der Waals surface area contributed by atoms with Crippen molar-refractivity contribution in [2.45, 2.75) is 6.67 Å². The van der Waals surface area contributed by atoms with Crippen LogP contribution in [-0.2, 0) is 6.67 Å². The lowest BCUT2D eigenvalue weighted by Crippen LogP contribution is -2.07. The van der Waals surface area contributed by atoms with Gasteiger partial charge in [0.2, 0.25) is 0 Å². The lowest BCUT2D eigenvalue weighted by Gasteiger charge is -2.08. The molecular weight excluding hydrogens is 306 g/mol. The number of hydrogen-bond donors (Lipinski definition) is 1. The normalized spacial score (nSPS) is 10.7. The summed E-state index contributed by atoms with van der Waals surface area (Å²) in [6.07, 6.45) is 0. The van der Waals surface area contributed by atoms with Gasteiger partial charge in [-0.25, -0.2) is 0 Å². The standard InChI is InChI=1S/C14H11N3O2S2/c18-17(19)11-7-5-10(6-8-11)15-9-16-12-3-1-2-4-13(12)21-14(16)20/h1-8,15H,9H2. The molecule has 21 heavy (non-hydrogen) atoms. The lowest BCUT2D eigenvalue weighted by atomic mass is 10.3. The van der Waals surface area contributed by atoms with E-state index in [1.807, 2.05) is 28.8 Å². The van der Waals surface area contributed by atoms with Gasteiger partial charge < -0.3 is 9.88 Å². The van der Waals surface area contributed by atoms with Crippen molar-refractivity contribution in [3.63, 3.8) is 0 Å². The van der Waals surface area contributed by atoms with Crippen molar-refractivity contribution in [1.82, 2.24) is 4.57 Å². The Bertz CT molecular complexity index is 853. The van der Waals surface area contributed by atoms with Gasteiger partial charge in [0.05, 0.1) is 21.8 Å². The summed E-state index contributed by atoms with van der Waals surface area (Å²) in [5, 5.41) is 13.8. The third-order valence-corrected chi connectivity index (χ3v) is 4.52. The van der Waals surface area contributed by atoms with Crippen LogP contribution in [-0.4, -0.2) is 9.49 Å². The molecule has 0 saturated carbocycles. The predicted molar refractivity (Wildman–Crippen MR) is 87.4 cm³/mol. The Balaban J connectivity index is 1.82. The van der Waals surface area contributed by atoms with E-state index in [1.54, 1.807) is 23.5 Å². The topological polar surface area (TPSA) is 60.1 Å². The highest BCUT2D eigenvalue weighted by Gasteiger charge is 2.06. The molecule has 3 aromatic rings. The van der Waals surface area contributed by atoms with E-state index in [1.165, 1.54) is 12.1 Å². The van der Waals surface area contributed by atoms with Gasteiger partial charge in [-0.3, -0.25) is 10.1 Å². The van der Waals surface area contributed by atoms with Crippen LogP contribution in [0.15, 0.2) is 48.5 Å². The number of rotatable bonds is 4. The van der Waals surface area contributed by atoms with Gasteiger partial charge in [-0.1, -0.05) is 12.1 Å². The maximum atomic E-state index is 10.6. The number of nitrogens with zero attached hydrogens (tertiary/aromatic N) is 2. The van der Waals surface area contributed by atoms with Crippen LogP contribution >= 0.6 is 23.6 Å². The van der Waals surface area contributed by atoms with Crippen LogP contribution in [0, 0.1) is 14.1 Å². The lowest BCUT2D eigenvalue weighted by molar-refractivity contribution is -0.384. The summed E-state index contributed by atoms with van der Waals surface area (Å²) in [5.41, 5.74) is 1.98. The Hall–Kier alpha value is -2.25. The zero-order valence-corrected chi connectivity index (χ0v) is 12.5. The molecule has 0 aliphatic heterocycles. The minimum Gasteiger partial charge on any atom is -0.367 e. The SMILES string of the molecule is O=[N+]([O-])c1ccc(NCn2c(=S)sc3ccccc32)cc1. The number of nitro benzene ring substituents is 1. The largest absolute Gasteiger partial charge is 0.367 e. The first-order valence-corrected chi connectivity index (χ1v) is 7.44. The van der Waals surface area contributed by atoms with Crippen LogP contribution in [0.1, 0.15) is 0 Å². The van der Waals surface area contributed by atoms with Crippen LogP contribution in [0.2, 0.25) is 0 Å². The minimum atomic E-state index is -0.410. The third-order valence-electron chi connectivity index (χ3n) is 3.09. The van der Waals surface area contributed by atoms with Gasteiger partial charge in [0.1, 0.15) is 0 Å². The van der Waals surface area contributed by atoms with Gasteiger partial charge in [0.25, 0.3) is 5.69 Å². The molecule has 0 radical (unpaired) electrons. The molecule has 3 rings (SSSR count). The van der Waals surface area contributed by atoms with Crippen molar-refractivity contribution >= 4 is 45.1 Å². The molecular formula is C14H11N3O2S2. The number of nitro groups is 1. The molecule has 0 aliphatic carbocycles. The second-order valence-corrected chi connectivity index (χ2v) is 6.08. The van der Waals surface area contributed by atoms with E-state index in [-0.39, 0.29) is 5.69 Å². The number of hydrogen-bond acceptors (Lipinski definition) is 5. The Morgan fingerprint density at radius 2 is 1.90 bits per heavy atom. The van der Waals surface area contributed by atoms with Gasteiger partial charge in [-0.05, 0) is 36.5 Å². The first-order valence-electron chi connectivity index (χ1n) is 6.22. The van der Waals surface area contributed by atoms with Crippen molar-refractivity contribution in [2.24, 2.45) is 0 Å². The Kier molecular flexibility index (Phi) is 3.68. The molecule has 0 unspecified atom stereocenters. The van der Waals surface area contributed by atoms with E-state index < -0.39 is 4.92 Å². The van der Waals surface area contributed by atoms with Gasteiger partial charge in [0.15, 0.2) is 3.95 Å². The number of fused-ring (bicyclic) bond motifs is 1. The smallest absolute Gasteiger partial charge is 0.269 e. The van der Waals surface area contributed by atoms with Gasteiger partial charge in [-0.15, -0.1) is 11.3 Å². The van der Waals surface area contributed by atoms with E-state index in [0.29, 0.717) is 6.67 Å². The van der Waals surface area contributed by atoms with E-state index in [4.69, 9.17) is 12.2 Å². The summed E-state index contributed by atoms with van der Waals surface area (Å²) in [6.45, 7) is 0.528. The second-order valence-electron chi connectivity index (χ2n) is 4.40. The fourth-order valence-corrected chi connectivity index (χ4v) is 3.36. The summed E-state index contributed by atoms with van der Waals surface area (Å²) >= 11 is 6.94. The average molecular weight is 317 g/mol. The molecule has 2 aromatic carbocycles. The van der Waals surface area contributed by atoms with Crippen LogP contribution in [0.25, 0.3) is 10.2 Å². The van der Waals surface area contributed by atoms with Crippen LogP contribution in [0.5, 0.6) is 0 Å². The maximum Gasteiger partial charge on any atom is 0.269 e.